The molecule has 0 aliphatic carbocycles. The number of carbonyl (C=O) groups is 1. The Morgan fingerprint density at radius 2 is 1.42 bits per heavy atom. The first-order chi connectivity index (χ1) is 24.1. The molecule has 0 spiro atoms. The van der Waals surface area contributed by atoms with E-state index in [2.05, 4.69) is 80.2 Å². The lowest BCUT2D eigenvalue weighted by Crippen LogP contribution is -2.68. The largest absolute Gasteiger partial charge is 0.481 e. The van der Waals surface area contributed by atoms with Gasteiger partial charge in [0, 0.05) is 83.4 Å². The van der Waals surface area contributed by atoms with Gasteiger partial charge in [-0.25, -0.2) is 4.79 Å². The summed E-state index contributed by atoms with van der Waals surface area (Å²) in [5.74, 6) is -0.108. The van der Waals surface area contributed by atoms with Crippen LogP contribution in [0.4, 0.5) is 18.0 Å². The molecule has 17 heteroatoms. The number of fused-ring (bicyclic) bond motifs is 1. The van der Waals surface area contributed by atoms with E-state index in [1.54, 1.807) is 6.92 Å². The molecule has 4 heterocycles. The standard InChI is InChI=1S/C36H46F3N7O4.3ClH/c1-4-49-34-40-32(48-3)29(33(41-34)50-25-36(37,38)39)23-43-17-20-46-28(21-43)22-45(35(47)44-18-15-42(2)16-19-44)24-30(46)31(26-11-7-5-8-12-26)27-13-9-6-10-14-27;;;/h5-14,28,30-31H,4,15-25H2,1-3H3;3*1H/t28-,30+;;;/m1.../s1. The Labute approximate surface area is 328 Å². The normalized spacial score (nSPS) is 19.7. The van der Waals surface area contributed by atoms with Crippen LogP contribution >= 0.6 is 37.2 Å². The van der Waals surface area contributed by atoms with Crippen LogP contribution in [-0.2, 0) is 6.54 Å². The van der Waals surface area contributed by atoms with Crippen LogP contribution < -0.4 is 14.2 Å². The number of piperazine rings is 3. The monoisotopic (exact) mass is 805 g/mol. The molecule has 3 saturated heterocycles. The minimum atomic E-state index is -4.56. The molecule has 3 fully saturated rings. The van der Waals surface area contributed by atoms with Crippen molar-refractivity contribution in [2.75, 3.05) is 86.3 Å². The average molecular weight is 807 g/mol. The molecule has 2 atom stereocenters. The van der Waals surface area contributed by atoms with Crippen molar-refractivity contribution >= 4 is 43.3 Å². The second kappa shape index (κ2) is 19.9. The number of alkyl halides is 3. The predicted octanol–water partition coefficient (Wildman–Crippen LogP) is 5.46. The summed E-state index contributed by atoms with van der Waals surface area (Å²) in [7, 11) is 3.48. The third-order valence-electron chi connectivity index (χ3n) is 9.76. The Kier molecular flexibility index (Phi) is 16.6. The molecule has 3 aliphatic heterocycles. The number of amides is 2. The zero-order valence-corrected chi connectivity index (χ0v) is 32.6. The summed E-state index contributed by atoms with van der Waals surface area (Å²) in [6, 6.07) is 20.8. The lowest BCUT2D eigenvalue weighted by atomic mass is 9.81. The quantitative estimate of drug-likeness (QED) is 0.265. The SMILES string of the molecule is CCOc1nc(OC)c(CN2CCN3[C@H](C2)CN(C(=O)N2CCN(C)CC2)C[C@H]3C(c2ccccc2)c2ccccc2)c(OCC(F)(F)F)n1.Cl.Cl.Cl. The van der Waals surface area contributed by atoms with E-state index in [4.69, 9.17) is 14.2 Å². The molecule has 11 nitrogen and oxygen atoms in total. The van der Waals surface area contributed by atoms with Crippen molar-refractivity contribution in [2.24, 2.45) is 0 Å². The summed E-state index contributed by atoms with van der Waals surface area (Å²) < 4.78 is 55.9. The Balaban J connectivity index is 0.00000252. The van der Waals surface area contributed by atoms with Crippen LogP contribution in [-0.4, -0.2) is 145 Å². The van der Waals surface area contributed by atoms with E-state index in [-0.39, 0.29) is 92.2 Å². The summed E-state index contributed by atoms with van der Waals surface area (Å²) in [5.41, 5.74) is 2.68. The molecule has 3 aliphatic rings. The Hall–Kier alpha value is -3.27. The van der Waals surface area contributed by atoms with E-state index in [1.165, 1.54) is 18.2 Å². The molecule has 0 unspecified atom stereocenters. The van der Waals surface area contributed by atoms with Gasteiger partial charge in [-0.1, -0.05) is 60.7 Å². The summed E-state index contributed by atoms with van der Waals surface area (Å²) >= 11 is 0. The van der Waals surface area contributed by atoms with Gasteiger partial charge < -0.3 is 28.9 Å². The second-order valence-corrected chi connectivity index (χ2v) is 13.1. The molecule has 0 N–H and O–H groups in total. The topological polar surface area (TPSA) is 86.7 Å². The first-order valence-corrected chi connectivity index (χ1v) is 17.2. The number of urea groups is 1. The van der Waals surface area contributed by atoms with E-state index in [0.29, 0.717) is 51.4 Å². The zero-order valence-electron chi connectivity index (χ0n) is 30.1. The van der Waals surface area contributed by atoms with Crippen LogP contribution in [0.5, 0.6) is 17.8 Å². The average Bonchev–Trinajstić information content (AvgIpc) is 3.12. The number of ether oxygens (including phenoxy) is 3. The van der Waals surface area contributed by atoms with Gasteiger partial charge in [0.05, 0.1) is 19.3 Å². The van der Waals surface area contributed by atoms with Crippen LogP contribution in [0.25, 0.3) is 0 Å². The molecule has 6 rings (SSSR count). The van der Waals surface area contributed by atoms with Crippen LogP contribution in [0.1, 0.15) is 29.5 Å². The van der Waals surface area contributed by atoms with E-state index in [1.807, 2.05) is 21.9 Å². The third kappa shape index (κ3) is 10.9. The summed E-state index contributed by atoms with van der Waals surface area (Å²) in [6.45, 7) is 6.65. The van der Waals surface area contributed by atoms with Gasteiger partial charge in [0.25, 0.3) is 0 Å². The van der Waals surface area contributed by atoms with Gasteiger partial charge in [0.15, 0.2) is 6.61 Å². The minimum absolute atomic E-state index is 0. The molecule has 2 amide bonds. The highest BCUT2D eigenvalue weighted by Gasteiger charge is 2.44. The molecular weight excluding hydrogens is 758 g/mol. The lowest BCUT2D eigenvalue weighted by molar-refractivity contribution is -0.154. The van der Waals surface area contributed by atoms with Gasteiger partial charge >= 0.3 is 18.2 Å². The maximum atomic E-state index is 14.2. The number of carbonyl (C=O) groups excluding carboxylic acids is 1. The van der Waals surface area contributed by atoms with Crippen LogP contribution in [0.2, 0.25) is 0 Å². The maximum absolute atomic E-state index is 14.2. The van der Waals surface area contributed by atoms with Crippen molar-refractivity contribution in [1.82, 2.24) is 34.5 Å². The van der Waals surface area contributed by atoms with Crippen molar-refractivity contribution in [3.05, 3.63) is 77.4 Å². The first kappa shape index (κ1) is 44.1. The number of aromatic nitrogens is 2. The van der Waals surface area contributed by atoms with E-state index in [0.717, 1.165) is 13.1 Å². The van der Waals surface area contributed by atoms with Crippen LogP contribution in [0, 0.1) is 0 Å². The Morgan fingerprint density at radius 3 is 1.98 bits per heavy atom. The predicted molar refractivity (Wildman–Crippen MR) is 203 cm³/mol. The summed E-state index contributed by atoms with van der Waals surface area (Å²) in [5, 5.41) is 0. The number of hydrogen-bond acceptors (Lipinski definition) is 9. The van der Waals surface area contributed by atoms with Crippen molar-refractivity contribution in [3.8, 4) is 17.8 Å². The number of benzene rings is 2. The highest BCUT2D eigenvalue weighted by atomic mass is 35.5. The second-order valence-electron chi connectivity index (χ2n) is 13.1. The van der Waals surface area contributed by atoms with Crippen molar-refractivity contribution in [2.45, 2.75) is 37.6 Å². The third-order valence-corrected chi connectivity index (χ3v) is 9.76. The van der Waals surface area contributed by atoms with E-state index < -0.39 is 12.8 Å². The number of rotatable bonds is 10. The Bertz CT molecular complexity index is 1540. The minimum Gasteiger partial charge on any atom is -0.481 e. The number of likely N-dealkylation sites (N-methyl/N-ethyl adjacent to an activating group) is 1. The highest BCUT2D eigenvalue weighted by Crippen LogP contribution is 2.37. The molecule has 294 valence electrons. The fraction of sp³-hybridized carbons (Fsp3) is 0.528. The zero-order chi connectivity index (χ0) is 35.3. The van der Waals surface area contributed by atoms with Crippen LogP contribution in [0.3, 0.4) is 0 Å². The van der Waals surface area contributed by atoms with Crippen molar-refractivity contribution in [1.29, 1.82) is 0 Å². The summed E-state index contributed by atoms with van der Waals surface area (Å²) in [4.78, 5) is 33.5. The molecule has 2 aromatic carbocycles. The van der Waals surface area contributed by atoms with Crippen molar-refractivity contribution < 1.29 is 32.2 Å². The van der Waals surface area contributed by atoms with Gasteiger partial charge in [-0.15, -0.1) is 37.2 Å². The molecule has 3 aromatic rings. The van der Waals surface area contributed by atoms with Gasteiger partial charge in [-0.2, -0.15) is 23.1 Å². The lowest BCUT2D eigenvalue weighted by Gasteiger charge is -2.54. The first-order valence-electron chi connectivity index (χ1n) is 17.2. The molecule has 0 bridgehead atoms. The number of methoxy groups -OCH3 is 1. The smallest absolute Gasteiger partial charge is 0.422 e. The van der Waals surface area contributed by atoms with Gasteiger partial charge in [0.1, 0.15) is 0 Å². The van der Waals surface area contributed by atoms with Crippen LogP contribution in [0.15, 0.2) is 60.7 Å². The number of halogens is 6. The fourth-order valence-electron chi connectivity index (χ4n) is 7.36. The molecular formula is C36H49Cl3F3N7O4. The number of hydrogen-bond donors (Lipinski definition) is 0. The van der Waals surface area contributed by atoms with Gasteiger partial charge in [-0.05, 0) is 25.1 Å². The molecule has 53 heavy (non-hydrogen) atoms. The van der Waals surface area contributed by atoms with Gasteiger partial charge in [0.2, 0.25) is 11.8 Å². The summed E-state index contributed by atoms with van der Waals surface area (Å²) in [6.07, 6.45) is -4.56. The molecule has 1 aromatic heterocycles. The number of nitrogens with zero attached hydrogens (tertiary/aromatic N) is 7. The van der Waals surface area contributed by atoms with Crippen molar-refractivity contribution in [3.63, 3.8) is 0 Å². The molecule has 0 saturated carbocycles. The van der Waals surface area contributed by atoms with Gasteiger partial charge in [-0.3, -0.25) is 9.80 Å². The fourth-order valence-corrected chi connectivity index (χ4v) is 7.36. The Morgan fingerprint density at radius 1 is 0.811 bits per heavy atom. The maximum Gasteiger partial charge on any atom is 0.422 e. The van der Waals surface area contributed by atoms with E-state index in [9.17, 15) is 18.0 Å². The van der Waals surface area contributed by atoms with E-state index >= 15 is 0 Å². The highest BCUT2D eigenvalue weighted by molar-refractivity contribution is 5.86. The molecule has 0 radical (unpaired) electrons.